The van der Waals surface area contributed by atoms with E-state index in [1.165, 1.54) is 18.4 Å². The number of amides is 1. The van der Waals surface area contributed by atoms with Crippen LogP contribution in [0.4, 0.5) is 5.69 Å². The zero-order valence-electron chi connectivity index (χ0n) is 12.7. The summed E-state index contributed by atoms with van der Waals surface area (Å²) < 4.78 is 4.69. The molecule has 0 saturated heterocycles. The molecule has 0 fully saturated rings. The van der Waals surface area contributed by atoms with Gasteiger partial charge in [-0.1, -0.05) is 19.8 Å². The first-order chi connectivity index (χ1) is 10.1. The van der Waals surface area contributed by atoms with Gasteiger partial charge in [-0.15, -0.1) is 11.3 Å². The molecule has 21 heavy (non-hydrogen) atoms. The van der Waals surface area contributed by atoms with Crippen LogP contribution >= 0.6 is 11.3 Å². The van der Waals surface area contributed by atoms with Crippen molar-refractivity contribution in [2.45, 2.75) is 39.0 Å². The van der Waals surface area contributed by atoms with E-state index in [9.17, 15) is 9.59 Å². The Kier molecular flexibility index (Phi) is 8.00. The maximum absolute atomic E-state index is 12.0. The quantitative estimate of drug-likeness (QED) is 0.687. The molecular formula is C15H24N2O3S. The summed E-state index contributed by atoms with van der Waals surface area (Å²) in [6.45, 7) is 2.79. The highest BCUT2D eigenvalue weighted by Gasteiger charge is 2.16. The number of ether oxygens (including phenoxy) is 1. The van der Waals surface area contributed by atoms with E-state index in [0.29, 0.717) is 29.4 Å². The van der Waals surface area contributed by atoms with Gasteiger partial charge in [-0.25, -0.2) is 4.79 Å². The van der Waals surface area contributed by atoms with Crippen molar-refractivity contribution in [2.75, 3.05) is 19.0 Å². The molecule has 1 aromatic heterocycles. The van der Waals surface area contributed by atoms with Gasteiger partial charge in [-0.3, -0.25) is 4.79 Å². The highest BCUT2D eigenvalue weighted by molar-refractivity contribution is 7.12. The van der Waals surface area contributed by atoms with Crippen LogP contribution in [0.2, 0.25) is 0 Å². The molecule has 1 unspecified atom stereocenters. The number of nitrogens with one attached hydrogen (secondary N) is 1. The van der Waals surface area contributed by atoms with Crippen LogP contribution in [0, 0.1) is 5.92 Å². The monoisotopic (exact) mass is 312 g/mol. The summed E-state index contributed by atoms with van der Waals surface area (Å²) in [5.41, 5.74) is 6.12. The Hall–Kier alpha value is -1.40. The van der Waals surface area contributed by atoms with E-state index in [4.69, 9.17) is 5.73 Å². The van der Waals surface area contributed by atoms with E-state index in [1.807, 2.05) is 0 Å². The van der Waals surface area contributed by atoms with E-state index in [-0.39, 0.29) is 5.91 Å². The Morgan fingerprint density at radius 2 is 2.14 bits per heavy atom. The fourth-order valence-corrected chi connectivity index (χ4v) is 3.05. The fourth-order valence-electron chi connectivity index (χ4n) is 2.28. The maximum atomic E-state index is 12.0. The molecule has 0 aliphatic rings. The molecule has 0 aliphatic heterocycles. The first-order valence-corrected chi connectivity index (χ1v) is 8.16. The number of thiophene rings is 1. The Morgan fingerprint density at radius 1 is 1.38 bits per heavy atom. The highest BCUT2D eigenvalue weighted by atomic mass is 32.1. The van der Waals surface area contributed by atoms with Crippen molar-refractivity contribution < 1.29 is 14.3 Å². The minimum Gasteiger partial charge on any atom is -0.465 e. The van der Waals surface area contributed by atoms with Crippen LogP contribution in [0.25, 0.3) is 0 Å². The minimum atomic E-state index is -0.424. The van der Waals surface area contributed by atoms with Gasteiger partial charge in [0.2, 0.25) is 5.91 Å². The lowest BCUT2D eigenvalue weighted by Gasteiger charge is -2.14. The molecule has 1 rings (SSSR count). The van der Waals surface area contributed by atoms with Crippen LogP contribution < -0.4 is 11.1 Å². The van der Waals surface area contributed by atoms with E-state index >= 15 is 0 Å². The summed E-state index contributed by atoms with van der Waals surface area (Å²) in [6, 6.07) is 1.72. The number of hydrogen-bond donors (Lipinski definition) is 2. The topological polar surface area (TPSA) is 81.4 Å². The third kappa shape index (κ3) is 5.85. The Balaban J connectivity index is 2.50. The first kappa shape index (κ1) is 17.7. The number of esters is 1. The molecule has 0 aliphatic carbocycles. The molecule has 118 valence electrons. The van der Waals surface area contributed by atoms with E-state index < -0.39 is 5.97 Å². The lowest BCUT2D eigenvalue weighted by molar-refractivity contribution is -0.116. The summed E-state index contributed by atoms with van der Waals surface area (Å²) in [7, 11) is 1.33. The molecule has 3 N–H and O–H groups in total. The molecule has 0 saturated carbocycles. The average molecular weight is 312 g/mol. The average Bonchev–Trinajstić information content (AvgIpc) is 2.92. The number of hydrogen-bond acceptors (Lipinski definition) is 5. The zero-order chi connectivity index (χ0) is 15.7. The molecule has 1 atom stereocenters. The lowest BCUT2D eigenvalue weighted by atomic mass is 9.94. The normalized spacial score (nSPS) is 12.0. The highest BCUT2D eigenvalue weighted by Crippen LogP contribution is 2.24. The summed E-state index contributed by atoms with van der Waals surface area (Å²) in [5, 5.41) is 4.54. The van der Waals surface area contributed by atoms with Crippen molar-refractivity contribution in [3.63, 3.8) is 0 Å². The predicted molar refractivity (Wildman–Crippen MR) is 85.6 cm³/mol. The third-order valence-corrected chi connectivity index (χ3v) is 4.26. The second-order valence-electron chi connectivity index (χ2n) is 4.97. The van der Waals surface area contributed by atoms with E-state index in [1.54, 1.807) is 11.4 Å². The Bertz CT molecular complexity index is 454. The van der Waals surface area contributed by atoms with Gasteiger partial charge in [0.25, 0.3) is 0 Å². The third-order valence-electron chi connectivity index (χ3n) is 3.36. The van der Waals surface area contributed by atoms with Gasteiger partial charge >= 0.3 is 5.97 Å². The minimum absolute atomic E-state index is 0.0725. The number of rotatable bonds is 9. The molecule has 0 bridgehead atoms. The number of carbonyl (C=O) groups is 2. The maximum Gasteiger partial charge on any atom is 0.350 e. The molecule has 1 amide bonds. The largest absolute Gasteiger partial charge is 0.465 e. The standard InChI is InChI=1S/C15H24N2O3S/c1-3-4-11(7-9-16)5-6-13(18)17-12-8-10-21-14(12)15(19)20-2/h8,10-11H,3-7,9,16H2,1-2H3,(H,17,18). The fraction of sp³-hybridized carbons (Fsp3) is 0.600. The predicted octanol–water partition coefficient (Wildman–Crippen LogP) is 3.02. The van der Waals surface area contributed by atoms with Gasteiger partial charge in [-0.2, -0.15) is 0 Å². The molecule has 0 aromatic carbocycles. The summed E-state index contributed by atoms with van der Waals surface area (Å²) in [5.74, 6) is -0.00253. The Labute approximate surface area is 129 Å². The van der Waals surface area contributed by atoms with Crippen molar-refractivity contribution >= 4 is 28.9 Å². The second-order valence-corrected chi connectivity index (χ2v) is 5.89. The molecule has 1 heterocycles. The summed E-state index contributed by atoms with van der Waals surface area (Å²) >= 11 is 1.26. The van der Waals surface area contributed by atoms with Crippen LogP contribution in [-0.4, -0.2) is 25.5 Å². The SMILES string of the molecule is CCCC(CCN)CCC(=O)Nc1ccsc1C(=O)OC. The molecule has 1 aromatic rings. The van der Waals surface area contributed by atoms with Gasteiger partial charge in [0.1, 0.15) is 4.88 Å². The van der Waals surface area contributed by atoms with Crippen molar-refractivity contribution in [3.8, 4) is 0 Å². The van der Waals surface area contributed by atoms with Crippen molar-refractivity contribution in [1.29, 1.82) is 0 Å². The molecular weight excluding hydrogens is 288 g/mol. The van der Waals surface area contributed by atoms with Crippen LogP contribution in [0.5, 0.6) is 0 Å². The van der Waals surface area contributed by atoms with Crippen molar-refractivity contribution in [3.05, 3.63) is 16.3 Å². The Morgan fingerprint density at radius 3 is 2.76 bits per heavy atom. The number of carbonyl (C=O) groups excluding carboxylic acids is 2. The number of anilines is 1. The zero-order valence-corrected chi connectivity index (χ0v) is 13.5. The molecule has 6 heteroatoms. The van der Waals surface area contributed by atoms with Gasteiger partial charge in [0.05, 0.1) is 12.8 Å². The van der Waals surface area contributed by atoms with Gasteiger partial charge in [0, 0.05) is 6.42 Å². The van der Waals surface area contributed by atoms with E-state index in [2.05, 4.69) is 17.0 Å². The van der Waals surface area contributed by atoms with Gasteiger partial charge in [0.15, 0.2) is 0 Å². The lowest BCUT2D eigenvalue weighted by Crippen LogP contribution is -2.16. The van der Waals surface area contributed by atoms with Crippen molar-refractivity contribution in [1.82, 2.24) is 0 Å². The van der Waals surface area contributed by atoms with Gasteiger partial charge < -0.3 is 15.8 Å². The van der Waals surface area contributed by atoms with Crippen LogP contribution in [0.15, 0.2) is 11.4 Å². The molecule has 0 spiro atoms. The number of nitrogens with two attached hydrogens (primary N) is 1. The smallest absolute Gasteiger partial charge is 0.350 e. The van der Waals surface area contributed by atoms with Crippen LogP contribution in [-0.2, 0) is 9.53 Å². The summed E-state index contributed by atoms with van der Waals surface area (Å²) in [4.78, 5) is 24.0. The molecule has 0 radical (unpaired) electrons. The van der Waals surface area contributed by atoms with E-state index in [0.717, 1.165) is 25.7 Å². The van der Waals surface area contributed by atoms with Crippen LogP contribution in [0.3, 0.4) is 0 Å². The van der Waals surface area contributed by atoms with Gasteiger partial charge in [-0.05, 0) is 36.8 Å². The van der Waals surface area contributed by atoms with Crippen molar-refractivity contribution in [2.24, 2.45) is 11.7 Å². The molecule has 5 nitrogen and oxygen atoms in total. The first-order valence-electron chi connectivity index (χ1n) is 7.28. The number of methoxy groups -OCH3 is 1. The van der Waals surface area contributed by atoms with Crippen LogP contribution in [0.1, 0.15) is 48.7 Å². The summed E-state index contributed by atoms with van der Waals surface area (Å²) in [6.07, 6.45) is 4.42. The second kappa shape index (κ2) is 9.52.